The second kappa shape index (κ2) is 4.07. The molecule has 74 valence electrons. The van der Waals surface area contributed by atoms with Crippen molar-refractivity contribution in [2.24, 2.45) is 0 Å². The molecular formula is C6H9N7O. The fraction of sp³-hybridized carbons (Fsp3) is 0.167. The predicted molar refractivity (Wildman–Crippen MR) is 45.8 cm³/mol. The highest BCUT2D eigenvalue weighted by atomic mass is 16.2. The minimum atomic E-state index is -0.385. The highest BCUT2D eigenvalue weighted by molar-refractivity contribution is 5.91. The van der Waals surface area contributed by atoms with E-state index in [0.717, 1.165) is 0 Å². The standard InChI is InChI=1S/C6H9N7O/c14-5(4-3-7-1-2-8-4)9-6-10-12-13-11-6/h1-3,6,10-13H,(H,9,14). The molecule has 1 amide bonds. The fourth-order valence-electron chi connectivity index (χ4n) is 0.946. The Hall–Kier alpha value is -1.61. The fourth-order valence-corrected chi connectivity index (χ4v) is 0.946. The monoisotopic (exact) mass is 195 g/mol. The summed E-state index contributed by atoms with van der Waals surface area (Å²) in [5.74, 6) is -0.311. The summed E-state index contributed by atoms with van der Waals surface area (Å²) >= 11 is 0. The first kappa shape index (κ1) is 8.97. The van der Waals surface area contributed by atoms with Crippen molar-refractivity contribution in [3.63, 3.8) is 0 Å². The molecule has 1 aromatic rings. The van der Waals surface area contributed by atoms with Crippen LogP contribution in [-0.2, 0) is 0 Å². The summed E-state index contributed by atoms with van der Waals surface area (Å²) in [7, 11) is 0. The quantitative estimate of drug-likeness (QED) is 0.358. The maximum atomic E-state index is 11.5. The molecule has 1 aliphatic heterocycles. The summed E-state index contributed by atoms with van der Waals surface area (Å²) in [6, 6.07) is 0. The molecule has 1 fully saturated rings. The minimum Gasteiger partial charge on any atom is -0.321 e. The molecule has 14 heavy (non-hydrogen) atoms. The summed E-state index contributed by atoms with van der Waals surface area (Å²) in [4.78, 5) is 19.1. The Morgan fingerprint density at radius 3 is 2.79 bits per heavy atom. The maximum absolute atomic E-state index is 11.5. The third kappa shape index (κ3) is 2.00. The van der Waals surface area contributed by atoms with Crippen LogP contribution >= 0.6 is 0 Å². The third-order valence-electron chi connectivity index (χ3n) is 1.57. The van der Waals surface area contributed by atoms with Gasteiger partial charge in [0, 0.05) is 12.4 Å². The normalized spacial score (nSPS) is 16.9. The molecule has 1 saturated heterocycles. The Bertz CT molecular complexity index is 309. The Morgan fingerprint density at radius 2 is 2.14 bits per heavy atom. The number of hydrazine groups is 3. The highest BCUT2D eigenvalue weighted by Crippen LogP contribution is 1.89. The number of amides is 1. The summed E-state index contributed by atoms with van der Waals surface area (Å²) in [5, 5.41) is 2.61. The van der Waals surface area contributed by atoms with Crippen LogP contribution in [0.5, 0.6) is 0 Å². The summed E-state index contributed by atoms with van der Waals surface area (Å²) in [6.07, 6.45) is 3.97. The zero-order valence-electron chi connectivity index (χ0n) is 7.11. The van der Waals surface area contributed by atoms with Crippen LogP contribution in [0.2, 0.25) is 0 Å². The first-order chi connectivity index (χ1) is 6.86. The van der Waals surface area contributed by atoms with Crippen molar-refractivity contribution >= 4 is 5.91 Å². The van der Waals surface area contributed by atoms with Gasteiger partial charge in [-0.15, -0.1) is 0 Å². The van der Waals surface area contributed by atoms with Gasteiger partial charge in [-0.1, -0.05) is 0 Å². The highest BCUT2D eigenvalue weighted by Gasteiger charge is 2.16. The Kier molecular flexibility index (Phi) is 2.60. The van der Waals surface area contributed by atoms with E-state index in [4.69, 9.17) is 0 Å². The van der Waals surface area contributed by atoms with Gasteiger partial charge in [0.15, 0.2) is 6.29 Å². The second-order valence-corrected chi connectivity index (χ2v) is 2.54. The van der Waals surface area contributed by atoms with Gasteiger partial charge in [0.2, 0.25) is 0 Å². The van der Waals surface area contributed by atoms with Gasteiger partial charge in [0.1, 0.15) is 5.69 Å². The average Bonchev–Trinajstić information content (AvgIpc) is 2.72. The SMILES string of the molecule is O=C(NC1NNNN1)c1cnccn1. The molecule has 8 nitrogen and oxygen atoms in total. The van der Waals surface area contributed by atoms with Gasteiger partial charge in [-0.3, -0.25) is 9.78 Å². The van der Waals surface area contributed by atoms with Crippen LogP contribution in [0.25, 0.3) is 0 Å². The van der Waals surface area contributed by atoms with Gasteiger partial charge in [-0.05, 0) is 0 Å². The molecule has 0 atom stereocenters. The molecular weight excluding hydrogens is 186 g/mol. The lowest BCUT2D eigenvalue weighted by Gasteiger charge is -2.09. The van der Waals surface area contributed by atoms with Gasteiger partial charge in [0.25, 0.3) is 5.91 Å². The largest absolute Gasteiger partial charge is 0.321 e. The van der Waals surface area contributed by atoms with E-state index in [1.807, 2.05) is 0 Å². The molecule has 0 radical (unpaired) electrons. The van der Waals surface area contributed by atoms with E-state index in [1.54, 1.807) is 0 Å². The predicted octanol–water partition coefficient (Wildman–Crippen LogP) is -2.39. The van der Waals surface area contributed by atoms with E-state index < -0.39 is 0 Å². The van der Waals surface area contributed by atoms with Crippen molar-refractivity contribution in [1.82, 2.24) is 37.2 Å². The van der Waals surface area contributed by atoms with Crippen LogP contribution in [0.4, 0.5) is 0 Å². The lowest BCUT2D eigenvalue weighted by atomic mass is 10.4. The van der Waals surface area contributed by atoms with Crippen molar-refractivity contribution in [1.29, 1.82) is 0 Å². The minimum absolute atomic E-state index is 0.267. The molecule has 0 unspecified atom stereocenters. The summed E-state index contributed by atoms with van der Waals surface area (Å²) < 4.78 is 0. The molecule has 0 saturated carbocycles. The van der Waals surface area contributed by atoms with Gasteiger partial charge in [-0.25, -0.2) is 15.8 Å². The molecule has 2 rings (SSSR count). The van der Waals surface area contributed by atoms with E-state index in [2.05, 4.69) is 37.2 Å². The van der Waals surface area contributed by atoms with Crippen LogP contribution in [0, 0.1) is 0 Å². The molecule has 1 aliphatic rings. The molecule has 0 spiro atoms. The van der Waals surface area contributed by atoms with Crippen LogP contribution in [0.1, 0.15) is 10.5 Å². The first-order valence-electron chi connectivity index (χ1n) is 3.94. The van der Waals surface area contributed by atoms with Crippen molar-refractivity contribution < 1.29 is 4.79 Å². The molecule has 0 aliphatic carbocycles. The van der Waals surface area contributed by atoms with Gasteiger partial charge >= 0.3 is 0 Å². The average molecular weight is 195 g/mol. The van der Waals surface area contributed by atoms with Crippen LogP contribution < -0.4 is 27.2 Å². The number of nitrogens with zero attached hydrogens (tertiary/aromatic N) is 2. The number of rotatable bonds is 2. The number of carbonyl (C=O) groups excluding carboxylic acids is 1. The number of hydrogen-bond donors (Lipinski definition) is 5. The van der Waals surface area contributed by atoms with E-state index in [0.29, 0.717) is 0 Å². The van der Waals surface area contributed by atoms with Crippen LogP contribution in [0.3, 0.4) is 0 Å². The van der Waals surface area contributed by atoms with Crippen molar-refractivity contribution in [3.8, 4) is 0 Å². The first-order valence-corrected chi connectivity index (χ1v) is 3.94. The lowest BCUT2D eigenvalue weighted by molar-refractivity contribution is 0.0921. The Balaban J connectivity index is 1.95. The summed E-state index contributed by atoms with van der Waals surface area (Å²) in [5.41, 5.74) is 10.8. The number of hydrogen-bond acceptors (Lipinski definition) is 7. The van der Waals surface area contributed by atoms with E-state index in [-0.39, 0.29) is 17.9 Å². The van der Waals surface area contributed by atoms with E-state index >= 15 is 0 Å². The van der Waals surface area contributed by atoms with Crippen LogP contribution in [-0.4, -0.2) is 22.2 Å². The maximum Gasteiger partial charge on any atom is 0.273 e. The summed E-state index contributed by atoms with van der Waals surface area (Å²) in [6.45, 7) is 0. The zero-order chi connectivity index (χ0) is 9.80. The Labute approximate surface area is 79.4 Å². The van der Waals surface area contributed by atoms with Crippen LogP contribution in [0.15, 0.2) is 18.6 Å². The topological polar surface area (TPSA) is 103 Å². The van der Waals surface area contributed by atoms with Crippen molar-refractivity contribution in [2.45, 2.75) is 6.29 Å². The third-order valence-corrected chi connectivity index (χ3v) is 1.57. The molecule has 2 heterocycles. The molecule has 0 aromatic carbocycles. The molecule has 8 heteroatoms. The zero-order valence-corrected chi connectivity index (χ0v) is 7.11. The van der Waals surface area contributed by atoms with Gasteiger partial charge < -0.3 is 5.32 Å². The van der Waals surface area contributed by atoms with E-state index in [1.165, 1.54) is 18.6 Å². The smallest absolute Gasteiger partial charge is 0.273 e. The number of nitrogens with one attached hydrogen (secondary N) is 5. The van der Waals surface area contributed by atoms with Gasteiger partial charge in [0.05, 0.1) is 6.20 Å². The van der Waals surface area contributed by atoms with Gasteiger partial charge in [-0.2, -0.15) is 11.1 Å². The van der Waals surface area contributed by atoms with Crippen molar-refractivity contribution in [2.75, 3.05) is 0 Å². The lowest BCUT2D eigenvalue weighted by Crippen LogP contribution is -2.49. The number of carbonyl (C=O) groups is 1. The molecule has 1 aromatic heterocycles. The van der Waals surface area contributed by atoms with E-state index in [9.17, 15) is 4.79 Å². The molecule has 5 N–H and O–H groups in total. The second-order valence-electron chi connectivity index (χ2n) is 2.54. The van der Waals surface area contributed by atoms with Crippen molar-refractivity contribution in [3.05, 3.63) is 24.3 Å². The number of aromatic nitrogens is 2. The Morgan fingerprint density at radius 1 is 1.36 bits per heavy atom. The molecule has 0 bridgehead atoms.